The summed E-state index contributed by atoms with van der Waals surface area (Å²) >= 11 is 4.94. The van der Waals surface area contributed by atoms with Crippen LogP contribution in [-0.4, -0.2) is 14.5 Å². The second-order valence-electron chi connectivity index (χ2n) is 2.96. The molecule has 1 N–H and O–H groups in total. The SMILES string of the molecule is Cc1[nH]c2nc(=S)n(C)cc2c1F. The van der Waals surface area contributed by atoms with Crippen LogP contribution in [0.5, 0.6) is 0 Å². The Balaban J connectivity index is 2.97. The summed E-state index contributed by atoms with van der Waals surface area (Å²) in [5.41, 5.74) is 1.00. The average Bonchev–Trinajstić information content (AvgIpc) is 2.32. The maximum Gasteiger partial charge on any atom is 0.201 e. The fourth-order valence-electron chi connectivity index (χ4n) is 1.24. The standard InChI is InChI=1S/C8H8FN3S/c1-4-6(9)5-3-12(2)8(13)11-7(5)10-4/h3H,1-2H3,(H,10,11,13). The molecular weight excluding hydrogens is 189 g/mol. The summed E-state index contributed by atoms with van der Waals surface area (Å²) in [6.45, 7) is 1.67. The molecule has 2 heterocycles. The van der Waals surface area contributed by atoms with Crippen molar-refractivity contribution < 1.29 is 4.39 Å². The average molecular weight is 197 g/mol. The van der Waals surface area contributed by atoms with Crippen LogP contribution in [0.2, 0.25) is 0 Å². The first kappa shape index (κ1) is 8.37. The van der Waals surface area contributed by atoms with Crippen molar-refractivity contribution in [3.05, 3.63) is 22.5 Å². The lowest BCUT2D eigenvalue weighted by atomic mass is 10.3. The Hall–Kier alpha value is -1.23. The normalized spacial score (nSPS) is 11.0. The second kappa shape index (κ2) is 2.63. The number of aromatic amines is 1. The number of aromatic nitrogens is 3. The van der Waals surface area contributed by atoms with Gasteiger partial charge in [0.2, 0.25) is 4.77 Å². The molecule has 3 nitrogen and oxygen atoms in total. The maximum absolute atomic E-state index is 13.4. The van der Waals surface area contributed by atoms with Gasteiger partial charge in [-0.05, 0) is 19.1 Å². The minimum Gasteiger partial charge on any atom is -0.341 e. The lowest BCUT2D eigenvalue weighted by Crippen LogP contribution is -1.94. The summed E-state index contributed by atoms with van der Waals surface area (Å²) in [5.74, 6) is -0.256. The van der Waals surface area contributed by atoms with Crippen LogP contribution >= 0.6 is 12.2 Å². The zero-order valence-corrected chi connectivity index (χ0v) is 8.07. The molecule has 0 aromatic carbocycles. The number of halogens is 1. The van der Waals surface area contributed by atoms with Crippen molar-refractivity contribution in [2.24, 2.45) is 7.05 Å². The van der Waals surface area contributed by atoms with Gasteiger partial charge in [0, 0.05) is 13.2 Å². The predicted octanol–water partition coefficient (Wildman–Crippen LogP) is 2.08. The van der Waals surface area contributed by atoms with Gasteiger partial charge in [-0.3, -0.25) is 0 Å². The highest BCUT2D eigenvalue weighted by Gasteiger charge is 2.08. The molecule has 68 valence electrons. The highest BCUT2D eigenvalue weighted by molar-refractivity contribution is 7.71. The van der Waals surface area contributed by atoms with E-state index < -0.39 is 0 Å². The van der Waals surface area contributed by atoms with E-state index in [1.165, 1.54) is 0 Å². The van der Waals surface area contributed by atoms with Gasteiger partial charge in [0.25, 0.3) is 0 Å². The zero-order chi connectivity index (χ0) is 9.59. The molecule has 0 saturated carbocycles. The summed E-state index contributed by atoms with van der Waals surface area (Å²) in [6, 6.07) is 0. The van der Waals surface area contributed by atoms with E-state index in [4.69, 9.17) is 12.2 Å². The molecule has 0 fully saturated rings. The molecule has 0 saturated heterocycles. The van der Waals surface area contributed by atoms with Gasteiger partial charge in [0.05, 0.1) is 11.1 Å². The Bertz CT molecular complexity index is 526. The molecule has 2 aromatic heterocycles. The molecule has 0 spiro atoms. The number of nitrogens with one attached hydrogen (secondary N) is 1. The summed E-state index contributed by atoms with van der Waals surface area (Å²) in [6.07, 6.45) is 1.64. The van der Waals surface area contributed by atoms with Crippen molar-refractivity contribution in [3.63, 3.8) is 0 Å². The quantitative estimate of drug-likeness (QED) is 0.656. The van der Waals surface area contributed by atoms with Gasteiger partial charge in [0.15, 0.2) is 5.82 Å². The zero-order valence-electron chi connectivity index (χ0n) is 7.26. The first-order valence-corrected chi connectivity index (χ1v) is 4.22. The smallest absolute Gasteiger partial charge is 0.201 e. The lowest BCUT2D eigenvalue weighted by Gasteiger charge is -1.96. The van der Waals surface area contributed by atoms with Gasteiger partial charge in [-0.1, -0.05) is 0 Å². The highest BCUT2D eigenvalue weighted by Crippen LogP contribution is 2.17. The topological polar surface area (TPSA) is 33.6 Å². The van der Waals surface area contributed by atoms with Crippen LogP contribution in [0.25, 0.3) is 11.0 Å². The van der Waals surface area contributed by atoms with E-state index in [2.05, 4.69) is 9.97 Å². The summed E-state index contributed by atoms with van der Waals surface area (Å²) < 4.78 is 15.4. The predicted molar refractivity (Wildman–Crippen MR) is 50.6 cm³/mol. The van der Waals surface area contributed by atoms with E-state index in [0.29, 0.717) is 21.5 Å². The van der Waals surface area contributed by atoms with E-state index in [1.807, 2.05) is 0 Å². The van der Waals surface area contributed by atoms with Crippen molar-refractivity contribution >= 4 is 23.3 Å². The molecule has 5 heteroatoms. The van der Waals surface area contributed by atoms with Gasteiger partial charge in [-0.15, -0.1) is 0 Å². The maximum atomic E-state index is 13.4. The van der Waals surface area contributed by atoms with Crippen molar-refractivity contribution in [2.75, 3.05) is 0 Å². The summed E-state index contributed by atoms with van der Waals surface area (Å²) in [5, 5.41) is 0.480. The van der Waals surface area contributed by atoms with Crippen LogP contribution in [0.15, 0.2) is 6.20 Å². The summed E-state index contributed by atoms with van der Waals surface area (Å²) in [4.78, 5) is 6.87. The molecule has 0 bridgehead atoms. The lowest BCUT2D eigenvalue weighted by molar-refractivity contribution is 0.628. The van der Waals surface area contributed by atoms with Crippen LogP contribution in [0.3, 0.4) is 0 Å². The van der Waals surface area contributed by atoms with Crippen LogP contribution in [0, 0.1) is 17.5 Å². The number of fused-ring (bicyclic) bond motifs is 1. The van der Waals surface area contributed by atoms with E-state index in [-0.39, 0.29) is 5.82 Å². The fourth-order valence-corrected chi connectivity index (χ4v) is 1.38. The minimum atomic E-state index is -0.256. The Morgan fingerprint density at radius 3 is 3.00 bits per heavy atom. The molecule has 13 heavy (non-hydrogen) atoms. The molecule has 0 radical (unpaired) electrons. The van der Waals surface area contributed by atoms with Crippen molar-refractivity contribution in [1.29, 1.82) is 0 Å². The van der Waals surface area contributed by atoms with Gasteiger partial charge in [-0.2, -0.15) is 0 Å². The van der Waals surface area contributed by atoms with Crippen molar-refractivity contribution in [2.45, 2.75) is 6.92 Å². The number of hydrogen-bond acceptors (Lipinski definition) is 2. The molecule has 0 atom stereocenters. The first-order chi connectivity index (χ1) is 6.09. The van der Waals surface area contributed by atoms with E-state index in [0.717, 1.165) is 0 Å². The van der Waals surface area contributed by atoms with Gasteiger partial charge >= 0.3 is 0 Å². The van der Waals surface area contributed by atoms with Crippen LogP contribution < -0.4 is 0 Å². The molecular formula is C8H8FN3S. The van der Waals surface area contributed by atoms with E-state index in [9.17, 15) is 4.39 Å². The van der Waals surface area contributed by atoms with Crippen LogP contribution in [0.4, 0.5) is 4.39 Å². The molecule has 2 rings (SSSR count). The van der Waals surface area contributed by atoms with E-state index >= 15 is 0 Å². The molecule has 0 amide bonds. The molecule has 0 aliphatic rings. The van der Waals surface area contributed by atoms with E-state index in [1.54, 1.807) is 24.7 Å². The number of nitrogens with zero attached hydrogens (tertiary/aromatic N) is 2. The molecule has 0 aliphatic carbocycles. The fraction of sp³-hybridized carbons (Fsp3) is 0.250. The number of H-pyrrole nitrogens is 1. The van der Waals surface area contributed by atoms with Crippen molar-refractivity contribution in [1.82, 2.24) is 14.5 Å². The number of hydrogen-bond donors (Lipinski definition) is 1. The monoisotopic (exact) mass is 197 g/mol. The third kappa shape index (κ3) is 1.16. The Kier molecular flexibility index (Phi) is 1.69. The minimum absolute atomic E-state index is 0.256. The second-order valence-corrected chi connectivity index (χ2v) is 3.33. The largest absolute Gasteiger partial charge is 0.341 e. The number of rotatable bonds is 0. The molecule has 0 unspecified atom stereocenters. The molecule has 2 aromatic rings. The third-order valence-corrected chi connectivity index (χ3v) is 2.34. The highest BCUT2D eigenvalue weighted by atomic mass is 32.1. The molecule has 0 aliphatic heterocycles. The number of aryl methyl sites for hydroxylation is 2. The van der Waals surface area contributed by atoms with Crippen LogP contribution in [-0.2, 0) is 7.05 Å². The first-order valence-electron chi connectivity index (χ1n) is 3.81. The Labute approximate surface area is 79.2 Å². The summed E-state index contributed by atoms with van der Waals surface area (Å²) in [7, 11) is 1.75. The van der Waals surface area contributed by atoms with Crippen LogP contribution in [0.1, 0.15) is 5.69 Å². The van der Waals surface area contributed by atoms with Crippen molar-refractivity contribution in [3.8, 4) is 0 Å². The van der Waals surface area contributed by atoms with Gasteiger partial charge in [-0.25, -0.2) is 9.37 Å². The Morgan fingerprint density at radius 2 is 2.31 bits per heavy atom. The van der Waals surface area contributed by atoms with Gasteiger partial charge in [0.1, 0.15) is 5.65 Å². The third-order valence-electron chi connectivity index (χ3n) is 1.96. The Morgan fingerprint density at radius 1 is 1.62 bits per heavy atom. The van der Waals surface area contributed by atoms with Gasteiger partial charge < -0.3 is 9.55 Å².